The number of rotatable bonds is 34. The van der Waals surface area contributed by atoms with Gasteiger partial charge in [0.05, 0.1) is 21.3 Å². The number of halogens is 1. The smallest absolute Gasteiger partial charge is 0.347 e. The van der Waals surface area contributed by atoms with Crippen LogP contribution in [0.25, 0.3) is 0 Å². The van der Waals surface area contributed by atoms with Crippen molar-refractivity contribution in [3.63, 3.8) is 0 Å². The van der Waals surface area contributed by atoms with Gasteiger partial charge in [0.1, 0.15) is 16.3 Å². The Morgan fingerprint density at radius 3 is 0.964 bits per heavy atom. The van der Waals surface area contributed by atoms with Crippen molar-refractivity contribution in [2.24, 2.45) is 0 Å². The normalized spacial score (nSPS) is 12.3. The van der Waals surface area contributed by atoms with Crippen molar-refractivity contribution in [1.29, 1.82) is 0 Å². The Bertz CT molecular complexity index is 957. The zero-order valence-electron chi connectivity index (χ0n) is 35.3. The highest BCUT2D eigenvalue weighted by atomic mass is 79.9. The average molecular weight is 844 g/mol. The predicted octanol–water partition coefficient (Wildman–Crippen LogP) is 13.7. The highest BCUT2D eigenvalue weighted by molar-refractivity contribution is 9.10. The third-order valence-corrected chi connectivity index (χ3v) is 10.5. The lowest BCUT2D eigenvalue weighted by Gasteiger charge is -2.19. The molecule has 1 aromatic carbocycles. The number of methoxy groups -OCH3 is 3. The lowest BCUT2D eigenvalue weighted by molar-refractivity contribution is -0.150. The summed E-state index contributed by atoms with van der Waals surface area (Å²) in [6, 6.07) is 7.07. The van der Waals surface area contributed by atoms with Gasteiger partial charge in [-0.1, -0.05) is 185 Å². The molecule has 0 saturated carbocycles. The highest BCUT2D eigenvalue weighted by Crippen LogP contribution is 2.23. The fourth-order valence-corrected chi connectivity index (χ4v) is 6.78. The molecule has 0 spiro atoms. The van der Waals surface area contributed by atoms with Crippen molar-refractivity contribution in [2.75, 3.05) is 21.3 Å². The summed E-state index contributed by atoms with van der Waals surface area (Å²) in [6.45, 7) is 6.69. The molecule has 0 aliphatic heterocycles. The van der Waals surface area contributed by atoms with E-state index < -0.39 is 12.2 Å². The topological polar surface area (TPSA) is 97.4 Å². The number of benzene rings is 1. The molecule has 3 atom stereocenters. The molecular formula is C46H83BrO8. The van der Waals surface area contributed by atoms with Crippen LogP contribution < -0.4 is 9.47 Å². The zero-order valence-corrected chi connectivity index (χ0v) is 36.9. The van der Waals surface area contributed by atoms with Crippen molar-refractivity contribution >= 4 is 33.8 Å². The summed E-state index contributed by atoms with van der Waals surface area (Å²) >= 11 is 3.33. The molecule has 1 aromatic rings. The van der Waals surface area contributed by atoms with E-state index in [0.29, 0.717) is 24.3 Å². The summed E-state index contributed by atoms with van der Waals surface area (Å²) in [5.74, 6) is 0.284. The van der Waals surface area contributed by atoms with E-state index in [1.54, 1.807) is 24.3 Å². The second kappa shape index (κ2) is 39.9. The number of esters is 3. The maximum atomic E-state index is 12.3. The maximum Gasteiger partial charge on any atom is 0.347 e. The molecular weight excluding hydrogens is 760 g/mol. The van der Waals surface area contributed by atoms with Gasteiger partial charge < -0.3 is 23.7 Å². The van der Waals surface area contributed by atoms with Crippen LogP contribution in [0.5, 0.6) is 11.5 Å². The molecule has 0 aliphatic carbocycles. The van der Waals surface area contributed by atoms with Crippen LogP contribution in [0.1, 0.15) is 202 Å². The highest BCUT2D eigenvalue weighted by Gasteiger charge is 2.23. The molecule has 1 rings (SSSR count). The van der Waals surface area contributed by atoms with Crippen molar-refractivity contribution in [1.82, 2.24) is 0 Å². The average Bonchev–Trinajstić information content (AvgIpc) is 3.19. The van der Waals surface area contributed by atoms with Gasteiger partial charge in [-0.15, -0.1) is 0 Å². The summed E-state index contributed by atoms with van der Waals surface area (Å²) in [4.78, 5) is 35.5. The van der Waals surface area contributed by atoms with Gasteiger partial charge in [0.15, 0.2) is 12.2 Å². The minimum Gasteiger partial charge on any atom is -0.479 e. The van der Waals surface area contributed by atoms with Gasteiger partial charge in [-0.2, -0.15) is 0 Å². The molecule has 8 nitrogen and oxygen atoms in total. The fourth-order valence-electron chi connectivity index (χ4n) is 6.27. The Morgan fingerprint density at radius 2 is 0.691 bits per heavy atom. The molecule has 0 amide bonds. The summed E-state index contributed by atoms with van der Waals surface area (Å²) < 4.78 is 26.5. The predicted molar refractivity (Wildman–Crippen MR) is 232 cm³/mol. The van der Waals surface area contributed by atoms with Gasteiger partial charge in [0, 0.05) is 0 Å². The Hall–Kier alpha value is -2.29. The van der Waals surface area contributed by atoms with Gasteiger partial charge in [0.25, 0.3) is 0 Å². The standard InChI is InChI=1S/C32H54O6.C13H25BrO2.CH4/c1-5-7-9-11-13-15-17-19-21-29(31(33)35-3)37-27-23-25-28(26-24-27)38-30(32(34)36-4)22-20-18-16-14-12-10-8-6-2;1-3-4-5-6-7-8-9-10-11-12(14)13(15)16-2;/h23-26,29-30H,5-22H2,1-4H3;12H,3-11H2,1-2H3;1H4. The monoisotopic (exact) mass is 843 g/mol. The van der Waals surface area contributed by atoms with Gasteiger partial charge in [0.2, 0.25) is 0 Å². The molecule has 3 unspecified atom stereocenters. The molecule has 0 heterocycles. The summed E-state index contributed by atoms with van der Waals surface area (Å²) in [6.07, 6.45) is 30.5. The first-order chi connectivity index (χ1) is 26.3. The number of carbonyl (C=O) groups is 3. The second-order valence-electron chi connectivity index (χ2n) is 14.5. The first-order valence-corrected chi connectivity index (χ1v) is 22.5. The van der Waals surface area contributed by atoms with Gasteiger partial charge in [-0.3, -0.25) is 4.79 Å². The van der Waals surface area contributed by atoms with Crippen LogP contribution in [0.2, 0.25) is 0 Å². The molecule has 0 aliphatic rings. The van der Waals surface area contributed by atoms with Crippen LogP contribution in [0.3, 0.4) is 0 Å². The minimum atomic E-state index is -0.628. The molecule has 0 saturated heterocycles. The van der Waals surface area contributed by atoms with E-state index >= 15 is 0 Å². The van der Waals surface area contributed by atoms with Crippen molar-refractivity contribution in [3.8, 4) is 11.5 Å². The Morgan fingerprint density at radius 1 is 0.436 bits per heavy atom. The van der Waals surface area contributed by atoms with E-state index in [4.69, 9.17) is 18.9 Å². The van der Waals surface area contributed by atoms with Crippen LogP contribution in [-0.4, -0.2) is 56.3 Å². The number of hydrogen-bond acceptors (Lipinski definition) is 8. The number of carbonyl (C=O) groups excluding carboxylic acids is 3. The second-order valence-corrected chi connectivity index (χ2v) is 15.6. The Kier molecular flexibility index (Phi) is 39.8. The third kappa shape index (κ3) is 31.5. The third-order valence-electron chi connectivity index (χ3n) is 9.72. The van der Waals surface area contributed by atoms with Crippen LogP contribution in [-0.2, 0) is 28.6 Å². The summed E-state index contributed by atoms with van der Waals surface area (Å²) in [7, 11) is 4.22. The summed E-state index contributed by atoms with van der Waals surface area (Å²) in [5.41, 5.74) is 0. The maximum absolute atomic E-state index is 12.3. The summed E-state index contributed by atoms with van der Waals surface area (Å²) in [5, 5.41) is 0. The van der Waals surface area contributed by atoms with E-state index in [1.807, 2.05) is 0 Å². The van der Waals surface area contributed by atoms with Crippen molar-refractivity contribution < 1.29 is 38.1 Å². The first-order valence-electron chi connectivity index (χ1n) is 21.6. The lowest BCUT2D eigenvalue weighted by atomic mass is 10.1. The van der Waals surface area contributed by atoms with E-state index in [9.17, 15) is 14.4 Å². The van der Waals surface area contributed by atoms with E-state index in [0.717, 1.165) is 38.5 Å². The largest absolute Gasteiger partial charge is 0.479 e. The molecule has 0 bridgehead atoms. The van der Waals surface area contributed by atoms with Gasteiger partial charge in [-0.05, 0) is 56.4 Å². The van der Waals surface area contributed by atoms with Crippen LogP contribution in [0.15, 0.2) is 24.3 Å². The SMILES string of the molecule is C.CCCCCCCCCCC(Br)C(=O)OC.CCCCCCCCCCC(Oc1ccc(OC(CCCCCCCCCC)C(=O)OC)cc1)C(=O)OC. The van der Waals surface area contributed by atoms with Crippen LogP contribution in [0, 0.1) is 0 Å². The fraction of sp³-hybridized carbons (Fsp3) is 0.804. The number of alkyl halides is 1. The van der Waals surface area contributed by atoms with Crippen LogP contribution in [0.4, 0.5) is 0 Å². The molecule has 9 heteroatoms. The molecule has 322 valence electrons. The van der Waals surface area contributed by atoms with Crippen LogP contribution >= 0.6 is 15.9 Å². The van der Waals surface area contributed by atoms with Crippen molar-refractivity contribution in [2.45, 2.75) is 219 Å². The molecule has 0 fully saturated rings. The van der Waals surface area contributed by atoms with Gasteiger partial charge >= 0.3 is 17.9 Å². The van der Waals surface area contributed by atoms with E-state index in [2.05, 4.69) is 41.4 Å². The number of ether oxygens (including phenoxy) is 5. The Labute approximate surface area is 346 Å². The first kappa shape index (κ1) is 54.8. The molecule has 55 heavy (non-hydrogen) atoms. The zero-order chi connectivity index (χ0) is 40.1. The number of hydrogen-bond donors (Lipinski definition) is 0. The Balaban J connectivity index is 0. The quantitative estimate of drug-likeness (QED) is 0.0293. The molecule has 0 aromatic heterocycles. The number of unbranched alkanes of at least 4 members (excludes halogenated alkanes) is 21. The van der Waals surface area contributed by atoms with Crippen molar-refractivity contribution in [3.05, 3.63) is 24.3 Å². The lowest BCUT2D eigenvalue weighted by Crippen LogP contribution is -2.29. The van der Waals surface area contributed by atoms with Gasteiger partial charge in [-0.25, -0.2) is 9.59 Å². The van der Waals surface area contributed by atoms with E-state index in [1.165, 1.54) is 143 Å². The minimum absolute atomic E-state index is 0. The molecule has 0 N–H and O–H groups in total. The molecule has 0 radical (unpaired) electrons. The van der Waals surface area contributed by atoms with E-state index in [-0.39, 0.29) is 30.2 Å².